The first kappa shape index (κ1) is 16.1. The molecule has 128 valence electrons. The second kappa shape index (κ2) is 6.86. The highest BCUT2D eigenvalue weighted by Gasteiger charge is 2.31. The molecule has 1 aromatic carbocycles. The maximum absolute atomic E-state index is 11.9. The van der Waals surface area contributed by atoms with E-state index in [0.717, 1.165) is 13.0 Å². The molecule has 1 aliphatic heterocycles. The molecular weight excluding hydrogens is 334 g/mol. The lowest BCUT2D eigenvalue weighted by Crippen LogP contribution is -2.35. The second-order valence-corrected chi connectivity index (χ2v) is 7.08. The molecule has 0 amide bonds. The Hall–Kier alpha value is -2.37. The Morgan fingerprint density at radius 3 is 2.92 bits per heavy atom. The Balaban J connectivity index is 1.69. The average molecular weight is 353 g/mol. The van der Waals surface area contributed by atoms with Crippen LogP contribution in [-0.4, -0.2) is 24.5 Å². The zero-order valence-electron chi connectivity index (χ0n) is 14.0. The molecular formula is C20H19NO3S. The number of thiophene rings is 1. The number of carbonyl (C=O) groups is 1. The van der Waals surface area contributed by atoms with E-state index in [0.29, 0.717) is 17.9 Å². The molecule has 1 atom stereocenters. The van der Waals surface area contributed by atoms with Gasteiger partial charge in [0.1, 0.15) is 11.3 Å². The van der Waals surface area contributed by atoms with Crippen LogP contribution < -0.4 is 0 Å². The fourth-order valence-corrected chi connectivity index (χ4v) is 4.41. The lowest BCUT2D eigenvalue weighted by Gasteiger charge is -2.35. The minimum atomic E-state index is -0.353. The monoisotopic (exact) mass is 353 g/mol. The minimum absolute atomic E-state index is 0.173. The topological polar surface area (TPSA) is 42.7 Å². The van der Waals surface area contributed by atoms with Crippen LogP contribution in [0.3, 0.4) is 0 Å². The summed E-state index contributed by atoms with van der Waals surface area (Å²) in [4.78, 5) is 15.8. The van der Waals surface area contributed by atoms with Gasteiger partial charge in [0, 0.05) is 11.4 Å². The Bertz CT molecular complexity index is 868. The van der Waals surface area contributed by atoms with Crippen molar-refractivity contribution in [1.29, 1.82) is 0 Å². The molecule has 4 nitrogen and oxygen atoms in total. The van der Waals surface area contributed by atoms with E-state index in [1.54, 1.807) is 12.3 Å². The molecule has 0 aliphatic carbocycles. The summed E-state index contributed by atoms with van der Waals surface area (Å²) in [6, 6.07) is 14.6. The van der Waals surface area contributed by atoms with Crippen LogP contribution in [0.2, 0.25) is 0 Å². The van der Waals surface area contributed by atoms with Gasteiger partial charge in [0.25, 0.3) is 0 Å². The van der Waals surface area contributed by atoms with Crippen molar-refractivity contribution in [3.63, 3.8) is 0 Å². The van der Waals surface area contributed by atoms with Gasteiger partial charge in [0.15, 0.2) is 0 Å². The predicted molar refractivity (Wildman–Crippen MR) is 96.8 cm³/mol. The molecule has 0 N–H and O–H groups in total. The number of furan rings is 1. The Labute approximate surface area is 150 Å². The zero-order valence-corrected chi connectivity index (χ0v) is 14.8. The van der Waals surface area contributed by atoms with E-state index >= 15 is 0 Å². The number of nitrogens with zero attached hydrogens (tertiary/aromatic N) is 1. The molecule has 5 heteroatoms. The largest absolute Gasteiger partial charge is 0.467 e. The van der Waals surface area contributed by atoms with Crippen LogP contribution in [0.4, 0.5) is 0 Å². The molecule has 0 spiro atoms. The van der Waals surface area contributed by atoms with Gasteiger partial charge in [0.2, 0.25) is 0 Å². The SMILES string of the molecule is COC(=O)c1ccoc1CN1CCc2sccc2[C@@H]1c1ccccc1. The fourth-order valence-electron chi connectivity index (χ4n) is 3.50. The zero-order chi connectivity index (χ0) is 17.2. The first-order valence-corrected chi connectivity index (χ1v) is 9.16. The normalized spacial score (nSPS) is 17.2. The van der Waals surface area contributed by atoms with Crippen molar-refractivity contribution in [2.24, 2.45) is 0 Å². The molecule has 4 rings (SSSR count). The molecule has 1 aliphatic rings. The molecule has 3 heterocycles. The van der Waals surface area contributed by atoms with E-state index in [1.807, 2.05) is 17.4 Å². The third-order valence-corrected chi connectivity index (χ3v) is 5.67. The standard InChI is InChI=1S/C20H19NO3S/c1-23-20(22)15-8-11-24-17(15)13-21-10-7-18-16(9-12-25-18)19(21)14-5-3-2-4-6-14/h2-6,8-9,11-12,19H,7,10,13H2,1H3/t19-/m0/s1. The molecule has 0 radical (unpaired) electrons. The van der Waals surface area contributed by atoms with Crippen molar-refractivity contribution >= 4 is 17.3 Å². The summed E-state index contributed by atoms with van der Waals surface area (Å²) in [5.41, 5.74) is 3.12. The van der Waals surface area contributed by atoms with Crippen molar-refractivity contribution < 1.29 is 13.9 Å². The summed E-state index contributed by atoms with van der Waals surface area (Å²) in [6.07, 6.45) is 2.57. The summed E-state index contributed by atoms with van der Waals surface area (Å²) in [5, 5.41) is 2.16. The number of hydrogen-bond donors (Lipinski definition) is 0. The lowest BCUT2D eigenvalue weighted by atomic mass is 9.93. The van der Waals surface area contributed by atoms with Crippen molar-refractivity contribution in [2.45, 2.75) is 19.0 Å². The van der Waals surface area contributed by atoms with E-state index in [1.165, 1.54) is 23.1 Å². The number of rotatable bonds is 4. The third-order valence-electron chi connectivity index (χ3n) is 4.68. The number of carbonyl (C=O) groups excluding carboxylic acids is 1. The molecule has 3 aromatic rings. The summed E-state index contributed by atoms with van der Waals surface area (Å²) in [7, 11) is 1.39. The quantitative estimate of drug-likeness (QED) is 0.657. The van der Waals surface area contributed by atoms with E-state index in [2.05, 4.69) is 40.6 Å². The minimum Gasteiger partial charge on any atom is -0.467 e. The number of methoxy groups -OCH3 is 1. The molecule has 2 aromatic heterocycles. The van der Waals surface area contributed by atoms with Gasteiger partial charge in [-0.1, -0.05) is 30.3 Å². The number of benzene rings is 1. The van der Waals surface area contributed by atoms with Gasteiger partial charge < -0.3 is 9.15 Å². The average Bonchev–Trinajstić information content (AvgIpc) is 3.31. The van der Waals surface area contributed by atoms with Gasteiger partial charge >= 0.3 is 5.97 Å². The second-order valence-electron chi connectivity index (χ2n) is 6.08. The Morgan fingerprint density at radius 1 is 1.28 bits per heavy atom. The third kappa shape index (κ3) is 3.01. The van der Waals surface area contributed by atoms with E-state index in [9.17, 15) is 4.79 Å². The number of fused-ring (bicyclic) bond motifs is 1. The van der Waals surface area contributed by atoms with Crippen LogP contribution >= 0.6 is 11.3 Å². The van der Waals surface area contributed by atoms with Crippen LogP contribution in [0.1, 0.15) is 38.2 Å². The van der Waals surface area contributed by atoms with Gasteiger partial charge in [-0.25, -0.2) is 4.79 Å². The summed E-state index contributed by atoms with van der Waals surface area (Å²) in [5.74, 6) is 0.305. The van der Waals surface area contributed by atoms with Crippen LogP contribution in [0.5, 0.6) is 0 Å². The highest BCUT2D eigenvalue weighted by molar-refractivity contribution is 7.10. The Kier molecular flexibility index (Phi) is 4.42. The highest BCUT2D eigenvalue weighted by atomic mass is 32.1. The van der Waals surface area contributed by atoms with Crippen LogP contribution in [0.15, 0.2) is 58.5 Å². The maximum Gasteiger partial charge on any atom is 0.341 e. The van der Waals surface area contributed by atoms with Gasteiger partial charge in [-0.05, 0) is 35.1 Å². The van der Waals surface area contributed by atoms with Gasteiger partial charge in [-0.3, -0.25) is 4.90 Å². The van der Waals surface area contributed by atoms with Crippen molar-refractivity contribution in [2.75, 3.05) is 13.7 Å². The highest BCUT2D eigenvalue weighted by Crippen LogP contribution is 2.38. The maximum atomic E-state index is 11.9. The van der Waals surface area contributed by atoms with Crippen molar-refractivity contribution in [1.82, 2.24) is 4.90 Å². The fraction of sp³-hybridized carbons (Fsp3) is 0.250. The summed E-state index contributed by atoms with van der Waals surface area (Å²) >= 11 is 1.82. The van der Waals surface area contributed by atoms with E-state index < -0.39 is 0 Å². The lowest BCUT2D eigenvalue weighted by molar-refractivity contribution is 0.0595. The van der Waals surface area contributed by atoms with E-state index in [-0.39, 0.29) is 12.0 Å². The molecule has 0 saturated heterocycles. The summed E-state index contributed by atoms with van der Waals surface area (Å²) < 4.78 is 10.5. The van der Waals surface area contributed by atoms with Gasteiger partial charge in [-0.2, -0.15) is 0 Å². The Morgan fingerprint density at radius 2 is 2.12 bits per heavy atom. The van der Waals surface area contributed by atoms with Crippen molar-refractivity contribution in [3.05, 3.63) is 81.4 Å². The number of hydrogen-bond acceptors (Lipinski definition) is 5. The molecule has 0 fully saturated rings. The van der Waals surface area contributed by atoms with Gasteiger partial charge in [0.05, 0.1) is 26.0 Å². The first-order chi connectivity index (χ1) is 12.3. The molecule has 0 bridgehead atoms. The molecule has 0 unspecified atom stereocenters. The van der Waals surface area contributed by atoms with E-state index in [4.69, 9.17) is 9.15 Å². The van der Waals surface area contributed by atoms with Crippen molar-refractivity contribution in [3.8, 4) is 0 Å². The first-order valence-electron chi connectivity index (χ1n) is 8.28. The van der Waals surface area contributed by atoms with Crippen LogP contribution in [0.25, 0.3) is 0 Å². The molecule has 0 saturated carbocycles. The van der Waals surface area contributed by atoms with Crippen LogP contribution in [-0.2, 0) is 17.7 Å². The number of ether oxygens (including phenoxy) is 1. The van der Waals surface area contributed by atoms with Gasteiger partial charge in [-0.15, -0.1) is 11.3 Å². The number of esters is 1. The molecule has 25 heavy (non-hydrogen) atoms. The summed E-state index contributed by atoms with van der Waals surface area (Å²) in [6.45, 7) is 1.50. The smallest absolute Gasteiger partial charge is 0.341 e. The van der Waals surface area contributed by atoms with Crippen LogP contribution in [0, 0.1) is 0 Å². The predicted octanol–water partition coefficient (Wildman–Crippen LogP) is 4.28.